The fourth-order valence-electron chi connectivity index (χ4n) is 4.35. The first-order valence-electron chi connectivity index (χ1n) is 9.92. The summed E-state index contributed by atoms with van der Waals surface area (Å²) in [5.74, 6) is -3.12. The Morgan fingerprint density at radius 1 is 1.39 bits per heavy atom. The molecule has 0 radical (unpaired) electrons. The molecule has 3 unspecified atom stereocenters. The lowest BCUT2D eigenvalue weighted by Gasteiger charge is -2.57. The average molecular weight is 415 g/mol. The van der Waals surface area contributed by atoms with Crippen molar-refractivity contribution in [3.05, 3.63) is 23.9 Å². The normalized spacial score (nSPS) is 35.1. The molecule has 9 heteroatoms. The van der Waals surface area contributed by atoms with Crippen LogP contribution in [-0.2, 0) is 0 Å². The number of hydrogen-bond donors (Lipinski definition) is 2. The second-order valence-corrected chi connectivity index (χ2v) is 10.1. The monoisotopic (exact) mass is 414 g/mol. The van der Waals surface area contributed by atoms with E-state index in [2.05, 4.69) is 6.08 Å². The first kappa shape index (κ1) is 20.0. The number of nitrogens with two attached hydrogens (primary N) is 1. The minimum absolute atomic E-state index is 0.131. The van der Waals surface area contributed by atoms with E-state index < -0.39 is 22.8 Å². The van der Waals surface area contributed by atoms with Crippen molar-refractivity contribution in [3.8, 4) is 0 Å². The van der Waals surface area contributed by atoms with Gasteiger partial charge < -0.3 is 10.3 Å². The predicted molar refractivity (Wildman–Crippen MR) is 108 cm³/mol. The molecule has 4 rings (SSSR count). The van der Waals surface area contributed by atoms with E-state index in [9.17, 15) is 17.9 Å². The molecule has 1 aromatic rings. The molecule has 28 heavy (non-hydrogen) atoms. The summed E-state index contributed by atoms with van der Waals surface area (Å²) in [4.78, 5) is 4.80. The zero-order valence-electron chi connectivity index (χ0n) is 16.3. The van der Waals surface area contributed by atoms with Crippen LogP contribution in [0.25, 0.3) is 5.57 Å². The van der Waals surface area contributed by atoms with Crippen LogP contribution in [0.1, 0.15) is 45.2 Å². The van der Waals surface area contributed by atoms with Gasteiger partial charge in [-0.3, -0.25) is 8.86 Å². The lowest BCUT2D eigenvalue weighted by Crippen LogP contribution is -2.52. The van der Waals surface area contributed by atoms with E-state index in [0.717, 1.165) is 30.5 Å². The molecule has 6 nitrogen and oxygen atoms in total. The van der Waals surface area contributed by atoms with Crippen LogP contribution in [0.4, 0.5) is 20.3 Å². The minimum atomic E-state index is -3.62. The Labute approximate surface area is 166 Å². The summed E-state index contributed by atoms with van der Waals surface area (Å²) in [5, 5.41) is 0. The number of hydrogen-bond acceptors (Lipinski definition) is 5. The number of nitrogens with zero attached hydrogens (tertiary/aromatic N) is 3. The van der Waals surface area contributed by atoms with Gasteiger partial charge in [0.25, 0.3) is 11.7 Å². The van der Waals surface area contributed by atoms with E-state index in [1.807, 2.05) is 19.9 Å². The Bertz CT molecular complexity index is 813. The van der Waals surface area contributed by atoms with Crippen molar-refractivity contribution in [3.63, 3.8) is 0 Å². The molecular formula is C19H28F2N4O2S. The fourth-order valence-corrected chi connectivity index (χ4v) is 6.54. The van der Waals surface area contributed by atoms with Crippen LogP contribution in [-0.4, -0.2) is 45.7 Å². The van der Waals surface area contributed by atoms with Crippen LogP contribution in [0.15, 0.2) is 18.2 Å². The number of alkyl halides is 2. The van der Waals surface area contributed by atoms with E-state index in [1.165, 1.54) is 4.31 Å². The third kappa shape index (κ3) is 2.87. The van der Waals surface area contributed by atoms with Gasteiger partial charge >= 0.3 is 0 Å². The Balaban J connectivity index is 1.77. The van der Waals surface area contributed by atoms with Gasteiger partial charge in [0, 0.05) is 24.9 Å². The fraction of sp³-hybridized carbons (Fsp3) is 0.632. The van der Waals surface area contributed by atoms with Crippen LogP contribution in [0, 0.1) is 5.92 Å². The van der Waals surface area contributed by atoms with Crippen LogP contribution < -0.4 is 13.9 Å². The number of quaternary nitrogens is 1. The molecule has 1 aromatic heterocycles. The van der Waals surface area contributed by atoms with E-state index in [0.29, 0.717) is 24.6 Å². The van der Waals surface area contributed by atoms with E-state index >= 15 is 0 Å². The van der Waals surface area contributed by atoms with Gasteiger partial charge in [-0.1, -0.05) is 6.08 Å². The van der Waals surface area contributed by atoms with Crippen molar-refractivity contribution in [1.82, 2.24) is 8.87 Å². The van der Waals surface area contributed by atoms with Gasteiger partial charge in [-0.2, -0.15) is 8.87 Å². The Morgan fingerprint density at radius 3 is 2.61 bits per heavy atom. The number of pyridine rings is 1. The Kier molecular flexibility index (Phi) is 4.74. The molecule has 0 saturated heterocycles. The Morgan fingerprint density at radius 2 is 2.07 bits per heavy atom. The highest BCUT2D eigenvalue weighted by atomic mass is 32.3. The molecular weight excluding hydrogens is 386 g/mol. The van der Waals surface area contributed by atoms with Gasteiger partial charge in [0.05, 0.1) is 5.69 Å². The second-order valence-electron chi connectivity index (χ2n) is 8.02. The minimum Gasteiger partial charge on any atom is -0.705 e. The largest absolute Gasteiger partial charge is 0.705 e. The number of aromatic nitrogens is 1. The zero-order valence-corrected chi connectivity index (χ0v) is 17.1. The van der Waals surface area contributed by atoms with Crippen molar-refractivity contribution in [2.45, 2.75) is 51.5 Å². The summed E-state index contributed by atoms with van der Waals surface area (Å²) >= 11 is 0. The number of halogens is 2. The first-order valence-corrected chi connectivity index (χ1v) is 11.3. The van der Waals surface area contributed by atoms with E-state index in [1.54, 1.807) is 6.07 Å². The number of fused-ring (bicyclic) bond motifs is 1. The number of rotatable bonds is 5. The second kappa shape index (κ2) is 6.63. The molecule has 156 valence electrons. The van der Waals surface area contributed by atoms with E-state index in [4.69, 9.17) is 10.7 Å². The van der Waals surface area contributed by atoms with Crippen molar-refractivity contribution < 1.29 is 17.9 Å². The maximum atomic E-state index is 13.5. The van der Waals surface area contributed by atoms with Crippen LogP contribution in [0.5, 0.6) is 0 Å². The van der Waals surface area contributed by atoms with Gasteiger partial charge in [0.2, 0.25) is 0 Å². The quantitative estimate of drug-likeness (QED) is 0.711. The third-order valence-corrected chi connectivity index (χ3v) is 8.92. The summed E-state index contributed by atoms with van der Waals surface area (Å²) in [6.45, 7) is 4.26. The molecule has 3 aliphatic rings. The summed E-state index contributed by atoms with van der Waals surface area (Å²) in [7, 11) is -3.62. The molecule has 0 bridgehead atoms. The zero-order chi connectivity index (χ0) is 20.3. The van der Waals surface area contributed by atoms with Crippen molar-refractivity contribution in [2.24, 2.45) is 11.7 Å². The average Bonchev–Trinajstić information content (AvgIpc) is 3.22. The predicted octanol–water partition coefficient (Wildman–Crippen LogP) is 4.04. The molecule has 0 amide bonds. The SMILES string of the molecule is CC[N+]1(CC)c2nc(C3=CCC(N)CC3)ccc2N(CC2CC2(F)F)S1([O-])O. The lowest BCUT2D eigenvalue weighted by atomic mass is 9.93. The molecule has 2 heterocycles. The van der Waals surface area contributed by atoms with E-state index in [-0.39, 0.29) is 22.9 Å². The topological polar surface area (TPSA) is 85.4 Å². The van der Waals surface area contributed by atoms with Crippen molar-refractivity contribution in [1.29, 1.82) is 0 Å². The molecule has 0 spiro atoms. The number of allylic oxidation sites excluding steroid dienone is 1. The Hall–Kier alpha value is -1.26. The molecule has 3 atom stereocenters. The van der Waals surface area contributed by atoms with Gasteiger partial charge in [0.15, 0.2) is 0 Å². The molecule has 3 N–H and O–H groups in total. The van der Waals surface area contributed by atoms with Gasteiger partial charge in [-0.25, -0.2) is 8.78 Å². The van der Waals surface area contributed by atoms with Crippen molar-refractivity contribution >= 4 is 28.0 Å². The lowest BCUT2D eigenvalue weighted by molar-refractivity contribution is 0.101. The standard InChI is InChI=1S/C19H28F2N4O2S/c1-3-25(4-2)18-17(24(28(25,26)27)12-14-11-19(14,20)21)10-9-16(23-18)13-5-7-15(22)8-6-13/h5,9-10,14-15H,3-4,6-8,11-12,22H2,1-2H3,(H-,26,27). The summed E-state index contributed by atoms with van der Waals surface area (Å²) in [6.07, 6.45) is 4.34. The maximum Gasteiger partial charge on any atom is 0.276 e. The highest BCUT2D eigenvalue weighted by molar-refractivity contribution is 8.25. The highest BCUT2D eigenvalue weighted by Gasteiger charge is 2.60. The molecule has 2 aliphatic carbocycles. The first-order chi connectivity index (χ1) is 13.2. The highest BCUT2D eigenvalue weighted by Crippen LogP contribution is 2.67. The molecule has 0 aromatic carbocycles. The number of anilines is 1. The van der Waals surface area contributed by atoms with Crippen molar-refractivity contribution in [2.75, 3.05) is 23.9 Å². The van der Waals surface area contributed by atoms with Crippen LogP contribution >= 0.6 is 11.0 Å². The van der Waals surface area contributed by atoms with Gasteiger partial charge in [-0.15, -0.1) is 11.0 Å². The molecule has 1 saturated carbocycles. The van der Waals surface area contributed by atoms with Crippen LogP contribution in [0.2, 0.25) is 0 Å². The van der Waals surface area contributed by atoms with Gasteiger partial charge in [-0.05, 0) is 50.8 Å². The van der Waals surface area contributed by atoms with Gasteiger partial charge in [0.1, 0.15) is 18.8 Å². The summed E-state index contributed by atoms with van der Waals surface area (Å²) < 4.78 is 52.7. The smallest absolute Gasteiger partial charge is 0.276 e. The van der Waals surface area contributed by atoms with Crippen LogP contribution in [0.3, 0.4) is 0 Å². The molecule has 1 aliphatic heterocycles. The third-order valence-electron chi connectivity index (χ3n) is 6.40. The summed E-state index contributed by atoms with van der Waals surface area (Å²) in [6, 6.07) is 3.76. The summed E-state index contributed by atoms with van der Waals surface area (Å²) in [5.41, 5.74) is 8.34. The maximum absolute atomic E-state index is 13.5. The molecule has 1 fully saturated rings.